The lowest BCUT2D eigenvalue weighted by molar-refractivity contribution is 0.414. The normalized spacial score (nSPS) is 12.4. The Kier molecular flexibility index (Phi) is 5.25. The second-order valence-electron chi connectivity index (χ2n) is 4.30. The second-order valence-corrected chi connectivity index (χ2v) is 5.68. The number of hydrogen-bond acceptors (Lipinski definition) is 3. The zero-order valence-electron chi connectivity index (χ0n) is 11.2. The van der Waals surface area contributed by atoms with E-state index in [1.54, 1.807) is 18.4 Å². The molecule has 1 aromatic heterocycles. The molecule has 0 aliphatic carbocycles. The topological polar surface area (TPSA) is 21.3 Å². The lowest BCUT2D eigenvalue weighted by atomic mass is 10.0. The van der Waals surface area contributed by atoms with Gasteiger partial charge in [-0.05, 0) is 42.1 Å². The van der Waals surface area contributed by atoms with Crippen LogP contribution in [0.3, 0.4) is 0 Å². The molecule has 2 nitrogen and oxygen atoms in total. The van der Waals surface area contributed by atoms with Crippen LogP contribution in [-0.2, 0) is 0 Å². The predicted octanol–water partition coefficient (Wildman–Crippen LogP) is 4.50. The van der Waals surface area contributed by atoms with Gasteiger partial charge in [-0.2, -0.15) is 0 Å². The molecule has 19 heavy (non-hydrogen) atoms. The SMILES string of the molecule is CCCNC(c1ccc(Cl)c(OC)c1)c1cccs1. The van der Waals surface area contributed by atoms with Crippen LogP contribution < -0.4 is 10.1 Å². The zero-order valence-corrected chi connectivity index (χ0v) is 12.7. The Bertz CT molecular complexity index is 513. The van der Waals surface area contributed by atoms with E-state index in [1.807, 2.05) is 12.1 Å². The molecule has 102 valence electrons. The van der Waals surface area contributed by atoms with Gasteiger partial charge in [-0.1, -0.05) is 30.7 Å². The van der Waals surface area contributed by atoms with Gasteiger partial charge in [0.25, 0.3) is 0 Å². The number of hydrogen-bond donors (Lipinski definition) is 1. The molecule has 1 aromatic carbocycles. The molecule has 2 rings (SSSR count). The highest BCUT2D eigenvalue weighted by Gasteiger charge is 2.15. The lowest BCUT2D eigenvalue weighted by Gasteiger charge is -2.18. The maximum atomic E-state index is 6.09. The molecule has 4 heteroatoms. The molecule has 0 fully saturated rings. The molecule has 0 aliphatic rings. The van der Waals surface area contributed by atoms with E-state index < -0.39 is 0 Å². The van der Waals surface area contributed by atoms with E-state index in [9.17, 15) is 0 Å². The molecule has 1 heterocycles. The van der Waals surface area contributed by atoms with Crippen LogP contribution in [0.5, 0.6) is 5.75 Å². The third kappa shape index (κ3) is 3.50. The van der Waals surface area contributed by atoms with E-state index >= 15 is 0 Å². The number of rotatable bonds is 6. The molecular weight excluding hydrogens is 278 g/mol. The van der Waals surface area contributed by atoms with Crippen molar-refractivity contribution < 1.29 is 4.74 Å². The highest BCUT2D eigenvalue weighted by Crippen LogP contribution is 2.32. The highest BCUT2D eigenvalue weighted by molar-refractivity contribution is 7.10. The van der Waals surface area contributed by atoms with Gasteiger partial charge in [0.15, 0.2) is 0 Å². The first kappa shape index (κ1) is 14.4. The van der Waals surface area contributed by atoms with Crippen molar-refractivity contribution in [1.82, 2.24) is 5.32 Å². The minimum Gasteiger partial charge on any atom is -0.495 e. The molecule has 0 bridgehead atoms. The Morgan fingerprint density at radius 3 is 2.84 bits per heavy atom. The summed E-state index contributed by atoms with van der Waals surface area (Å²) in [5, 5.41) is 6.32. The molecule has 1 atom stereocenters. The van der Waals surface area contributed by atoms with Gasteiger partial charge in [-0.3, -0.25) is 0 Å². The zero-order chi connectivity index (χ0) is 13.7. The Hall–Kier alpha value is -1.03. The van der Waals surface area contributed by atoms with E-state index in [1.165, 1.54) is 10.4 Å². The molecule has 0 spiro atoms. The number of nitrogens with one attached hydrogen (secondary N) is 1. The fourth-order valence-corrected chi connectivity index (χ4v) is 3.00. The summed E-state index contributed by atoms with van der Waals surface area (Å²) in [6.45, 7) is 3.15. The van der Waals surface area contributed by atoms with E-state index in [0.717, 1.165) is 18.7 Å². The summed E-state index contributed by atoms with van der Waals surface area (Å²) in [4.78, 5) is 1.30. The van der Waals surface area contributed by atoms with Gasteiger partial charge >= 0.3 is 0 Å². The van der Waals surface area contributed by atoms with Gasteiger partial charge in [0.05, 0.1) is 18.2 Å². The Balaban J connectivity index is 2.32. The van der Waals surface area contributed by atoms with Crippen molar-refractivity contribution in [3.63, 3.8) is 0 Å². The van der Waals surface area contributed by atoms with E-state index in [2.05, 4.69) is 35.8 Å². The number of halogens is 1. The highest BCUT2D eigenvalue weighted by atomic mass is 35.5. The molecule has 0 saturated carbocycles. The molecule has 0 amide bonds. The Morgan fingerprint density at radius 1 is 1.37 bits per heavy atom. The summed E-state index contributed by atoms with van der Waals surface area (Å²) in [5.74, 6) is 0.721. The average molecular weight is 296 g/mol. The van der Waals surface area contributed by atoms with Crippen LogP contribution in [0.25, 0.3) is 0 Å². The van der Waals surface area contributed by atoms with Crippen LogP contribution in [0.15, 0.2) is 35.7 Å². The monoisotopic (exact) mass is 295 g/mol. The van der Waals surface area contributed by atoms with Crippen LogP contribution in [0.1, 0.15) is 29.8 Å². The summed E-state index contributed by atoms with van der Waals surface area (Å²) in [5.41, 5.74) is 1.18. The number of methoxy groups -OCH3 is 1. The largest absolute Gasteiger partial charge is 0.495 e. The molecule has 0 saturated heterocycles. The third-order valence-electron chi connectivity index (χ3n) is 2.93. The van der Waals surface area contributed by atoms with Crippen molar-refractivity contribution >= 4 is 22.9 Å². The molecule has 0 radical (unpaired) electrons. The van der Waals surface area contributed by atoms with Crippen molar-refractivity contribution in [3.05, 3.63) is 51.2 Å². The molecule has 2 aromatic rings. The van der Waals surface area contributed by atoms with E-state index in [-0.39, 0.29) is 6.04 Å². The van der Waals surface area contributed by atoms with Crippen LogP contribution >= 0.6 is 22.9 Å². The van der Waals surface area contributed by atoms with Crippen molar-refractivity contribution in [3.8, 4) is 5.75 Å². The lowest BCUT2D eigenvalue weighted by Crippen LogP contribution is -2.22. The first-order valence-corrected chi connectivity index (χ1v) is 7.62. The Morgan fingerprint density at radius 2 is 2.21 bits per heavy atom. The standard InChI is InChI=1S/C15H18ClNOS/c1-3-8-17-15(14-5-4-9-19-14)11-6-7-12(16)13(10-11)18-2/h4-7,9-10,15,17H,3,8H2,1-2H3. The van der Waals surface area contributed by atoms with E-state index in [0.29, 0.717) is 5.02 Å². The van der Waals surface area contributed by atoms with Crippen molar-refractivity contribution in [1.29, 1.82) is 0 Å². The number of ether oxygens (including phenoxy) is 1. The van der Waals surface area contributed by atoms with E-state index in [4.69, 9.17) is 16.3 Å². The first-order valence-electron chi connectivity index (χ1n) is 6.36. The van der Waals surface area contributed by atoms with Gasteiger partial charge in [-0.15, -0.1) is 11.3 Å². The van der Waals surface area contributed by atoms with Gasteiger partial charge in [0.1, 0.15) is 5.75 Å². The fraction of sp³-hybridized carbons (Fsp3) is 0.333. The van der Waals surface area contributed by atoms with Crippen molar-refractivity contribution in [2.75, 3.05) is 13.7 Å². The fourth-order valence-electron chi connectivity index (χ4n) is 1.98. The predicted molar refractivity (Wildman–Crippen MR) is 82.5 cm³/mol. The van der Waals surface area contributed by atoms with Gasteiger partial charge in [-0.25, -0.2) is 0 Å². The van der Waals surface area contributed by atoms with Crippen molar-refractivity contribution in [2.24, 2.45) is 0 Å². The molecule has 1 unspecified atom stereocenters. The number of thiophene rings is 1. The first-order chi connectivity index (χ1) is 9.26. The van der Waals surface area contributed by atoms with Crippen LogP contribution in [-0.4, -0.2) is 13.7 Å². The summed E-state index contributed by atoms with van der Waals surface area (Å²) in [6, 6.07) is 10.4. The minimum absolute atomic E-state index is 0.200. The molecule has 0 aliphatic heterocycles. The summed E-state index contributed by atoms with van der Waals surface area (Å²) in [7, 11) is 1.64. The van der Waals surface area contributed by atoms with Gasteiger partial charge < -0.3 is 10.1 Å². The third-order valence-corrected chi connectivity index (χ3v) is 4.18. The van der Waals surface area contributed by atoms with Gasteiger partial charge in [0, 0.05) is 4.88 Å². The van der Waals surface area contributed by atoms with Crippen molar-refractivity contribution in [2.45, 2.75) is 19.4 Å². The van der Waals surface area contributed by atoms with Crippen LogP contribution in [0.4, 0.5) is 0 Å². The molecular formula is C15H18ClNOS. The second kappa shape index (κ2) is 6.94. The summed E-state index contributed by atoms with van der Waals surface area (Å²) < 4.78 is 5.30. The van der Waals surface area contributed by atoms with Gasteiger partial charge in [0.2, 0.25) is 0 Å². The maximum absolute atomic E-state index is 6.09. The Labute approximate surface area is 123 Å². The van der Waals surface area contributed by atoms with Crippen LogP contribution in [0.2, 0.25) is 5.02 Å². The average Bonchev–Trinajstić information content (AvgIpc) is 2.95. The number of benzene rings is 1. The summed E-state index contributed by atoms with van der Waals surface area (Å²) >= 11 is 7.85. The van der Waals surface area contributed by atoms with Crippen LogP contribution in [0, 0.1) is 0 Å². The summed E-state index contributed by atoms with van der Waals surface area (Å²) in [6.07, 6.45) is 1.10. The smallest absolute Gasteiger partial charge is 0.137 e. The maximum Gasteiger partial charge on any atom is 0.137 e. The quantitative estimate of drug-likeness (QED) is 0.847. The molecule has 1 N–H and O–H groups in total. The minimum atomic E-state index is 0.200.